The molecule has 2 rings (SSSR count). The maximum Gasteiger partial charge on any atom is 0.446 e. The molecule has 0 aromatic heterocycles. The van der Waals surface area contributed by atoms with Crippen LogP contribution in [0.1, 0.15) is 25.7 Å². The standard InChI is InChI=1S/C14H17F3N2OS/c15-14(16,17)21-12-7-5-11(6-8-12)19-13(20)9-1-3-10(18)4-2-9/h5-10H,1-4,18H2,(H,19,20). The summed E-state index contributed by atoms with van der Waals surface area (Å²) in [4.78, 5) is 12.2. The topological polar surface area (TPSA) is 55.1 Å². The van der Waals surface area contributed by atoms with Gasteiger partial charge in [0.2, 0.25) is 5.91 Å². The fourth-order valence-corrected chi connectivity index (χ4v) is 2.91. The molecule has 21 heavy (non-hydrogen) atoms. The second-order valence-electron chi connectivity index (χ2n) is 5.17. The summed E-state index contributed by atoms with van der Waals surface area (Å²) in [6.07, 6.45) is 3.18. The first-order valence-corrected chi connectivity index (χ1v) is 7.57. The molecule has 0 bridgehead atoms. The zero-order chi connectivity index (χ0) is 15.5. The fraction of sp³-hybridized carbons (Fsp3) is 0.500. The third kappa shape index (κ3) is 5.24. The molecule has 1 aromatic rings. The summed E-state index contributed by atoms with van der Waals surface area (Å²) in [5, 5.41) is 2.75. The van der Waals surface area contributed by atoms with Crippen molar-refractivity contribution in [3.05, 3.63) is 24.3 Å². The Morgan fingerprint density at radius 1 is 1.14 bits per heavy atom. The molecule has 116 valence electrons. The Bertz CT molecular complexity index is 482. The Balaban J connectivity index is 1.89. The molecule has 1 fully saturated rings. The van der Waals surface area contributed by atoms with Crippen molar-refractivity contribution in [3.8, 4) is 0 Å². The quantitative estimate of drug-likeness (QED) is 0.835. The monoisotopic (exact) mass is 318 g/mol. The average Bonchev–Trinajstić information content (AvgIpc) is 2.40. The zero-order valence-corrected chi connectivity index (χ0v) is 12.1. The van der Waals surface area contributed by atoms with Crippen molar-refractivity contribution in [1.82, 2.24) is 0 Å². The number of rotatable bonds is 3. The lowest BCUT2D eigenvalue weighted by Gasteiger charge is -2.25. The van der Waals surface area contributed by atoms with E-state index < -0.39 is 5.51 Å². The number of carbonyl (C=O) groups is 1. The number of nitrogens with two attached hydrogens (primary N) is 1. The first kappa shape index (κ1) is 16.2. The lowest BCUT2D eigenvalue weighted by molar-refractivity contribution is -0.120. The van der Waals surface area contributed by atoms with E-state index in [1.807, 2.05) is 0 Å². The maximum absolute atomic E-state index is 12.2. The fourth-order valence-electron chi connectivity index (χ4n) is 2.37. The van der Waals surface area contributed by atoms with Gasteiger partial charge < -0.3 is 11.1 Å². The third-order valence-corrected chi connectivity index (χ3v) is 4.24. The van der Waals surface area contributed by atoms with Gasteiger partial charge in [-0.05, 0) is 61.7 Å². The van der Waals surface area contributed by atoms with Crippen LogP contribution >= 0.6 is 11.8 Å². The van der Waals surface area contributed by atoms with Crippen LogP contribution in [0.3, 0.4) is 0 Å². The number of carbonyl (C=O) groups excluding carboxylic acids is 1. The molecule has 0 unspecified atom stereocenters. The van der Waals surface area contributed by atoms with Crippen molar-refractivity contribution in [2.75, 3.05) is 5.32 Å². The molecule has 0 aliphatic heterocycles. The highest BCUT2D eigenvalue weighted by atomic mass is 32.2. The Morgan fingerprint density at radius 2 is 1.71 bits per heavy atom. The predicted molar refractivity (Wildman–Crippen MR) is 76.9 cm³/mol. The molecule has 1 aromatic carbocycles. The number of hydrogen-bond donors (Lipinski definition) is 2. The number of amides is 1. The first-order chi connectivity index (χ1) is 9.83. The highest BCUT2D eigenvalue weighted by Crippen LogP contribution is 2.37. The van der Waals surface area contributed by atoms with Crippen molar-refractivity contribution in [3.63, 3.8) is 0 Å². The summed E-state index contributed by atoms with van der Waals surface area (Å²) in [6, 6.07) is 5.85. The zero-order valence-electron chi connectivity index (χ0n) is 11.3. The lowest BCUT2D eigenvalue weighted by Crippen LogP contribution is -2.32. The number of benzene rings is 1. The van der Waals surface area contributed by atoms with Crippen molar-refractivity contribution in [1.29, 1.82) is 0 Å². The molecule has 1 aliphatic carbocycles. The molecule has 0 atom stereocenters. The second kappa shape index (κ2) is 6.70. The molecule has 1 saturated carbocycles. The minimum absolute atomic E-state index is 0.0611. The van der Waals surface area contributed by atoms with Gasteiger partial charge in [0.15, 0.2) is 0 Å². The average molecular weight is 318 g/mol. The third-order valence-electron chi connectivity index (χ3n) is 3.50. The highest BCUT2D eigenvalue weighted by molar-refractivity contribution is 8.00. The molecular weight excluding hydrogens is 301 g/mol. The SMILES string of the molecule is NC1CCC(C(=O)Nc2ccc(SC(F)(F)F)cc2)CC1. The van der Waals surface area contributed by atoms with E-state index in [1.54, 1.807) is 0 Å². The minimum Gasteiger partial charge on any atom is -0.328 e. The van der Waals surface area contributed by atoms with Crippen LogP contribution < -0.4 is 11.1 Å². The summed E-state index contributed by atoms with van der Waals surface area (Å²) in [5.41, 5.74) is 2.01. The molecule has 1 amide bonds. The Labute approximate surface area is 125 Å². The van der Waals surface area contributed by atoms with E-state index in [0.717, 1.165) is 25.7 Å². The number of anilines is 1. The van der Waals surface area contributed by atoms with E-state index in [1.165, 1.54) is 24.3 Å². The van der Waals surface area contributed by atoms with Crippen LogP contribution in [-0.4, -0.2) is 17.5 Å². The maximum atomic E-state index is 12.2. The summed E-state index contributed by atoms with van der Waals surface area (Å²) in [5.74, 6) is -0.146. The number of halogens is 3. The molecule has 0 saturated heterocycles. The molecule has 0 heterocycles. The normalized spacial score (nSPS) is 22.9. The van der Waals surface area contributed by atoms with Crippen molar-refractivity contribution >= 4 is 23.4 Å². The van der Waals surface area contributed by atoms with Gasteiger partial charge >= 0.3 is 5.51 Å². The summed E-state index contributed by atoms with van der Waals surface area (Å²) in [7, 11) is 0. The van der Waals surface area contributed by atoms with Gasteiger partial charge in [0.25, 0.3) is 0 Å². The molecule has 7 heteroatoms. The molecular formula is C14H17F3N2OS. The summed E-state index contributed by atoms with van der Waals surface area (Å²) < 4.78 is 36.6. The largest absolute Gasteiger partial charge is 0.446 e. The molecule has 0 spiro atoms. The Kier molecular flexibility index (Phi) is 5.16. The van der Waals surface area contributed by atoms with Gasteiger partial charge in [-0.25, -0.2) is 0 Å². The van der Waals surface area contributed by atoms with Gasteiger partial charge in [-0.3, -0.25) is 4.79 Å². The highest BCUT2D eigenvalue weighted by Gasteiger charge is 2.29. The van der Waals surface area contributed by atoms with E-state index in [-0.39, 0.29) is 34.5 Å². The number of alkyl halides is 3. The van der Waals surface area contributed by atoms with Crippen LogP contribution in [0.2, 0.25) is 0 Å². The van der Waals surface area contributed by atoms with E-state index >= 15 is 0 Å². The molecule has 3 nitrogen and oxygen atoms in total. The van der Waals surface area contributed by atoms with Gasteiger partial charge in [-0.2, -0.15) is 13.2 Å². The van der Waals surface area contributed by atoms with E-state index in [4.69, 9.17) is 5.73 Å². The van der Waals surface area contributed by atoms with Crippen molar-refractivity contribution in [2.45, 2.75) is 42.1 Å². The second-order valence-corrected chi connectivity index (χ2v) is 6.31. The van der Waals surface area contributed by atoms with Crippen molar-refractivity contribution < 1.29 is 18.0 Å². The lowest BCUT2D eigenvalue weighted by atomic mass is 9.86. The predicted octanol–water partition coefficient (Wildman–Crippen LogP) is 3.75. The van der Waals surface area contributed by atoms with Crippen LogP contribution in [-0.2, 0) is 4.79 Å². The van der Waals surface area contributed by atoms with Gasteiger partial charge in [0.1, 0.15) is 0 Å². The van der Waals surface area contributed by atoms with E-state index in [2.05, 4.69) is 5.32 Å². The van der Waals surface area contributed by atoms with Gasteiger partial charge in [-0.1, -0.05) is 0 Å². The van der Waals surface area contributed by atoms with Crippen LogP contribution in [0.5, 0.6) is 0 Å². The smallest absolute Gasteiger partial charge is 0.328 e. The molecule has 1 aliphatic rings. The Hall–Kier alpha value is -1.21. The number of nitrogens with one attached hydrogen (secondary N) is 1. The van der Waals surface area contributed by atoms with Crippen LogP contribution in [0, 0.1) is 5.92 Å². The van der Waals surface area contributed by atoms with Crippen LogP contribution in [0.4, 0.5) is 18.9 Å². The molecule has 3 N–H and O–H groups in total. The van der Waals surface area contributed by atoms with E-state index in [0.29, 0.717) is 5.69 Å². The van der Waals surface area contributed by atoms with Crippen molar-refractivity contribution in [2.24, 2.45) is 11.7 Å². The molecule has 0 radical (unpaired) electrons. The first-order valence-electron chi connectivity index (χ1n) is 6.76. The van der Waals surface area contributed by atoms with E-state index in [9.17, 15) is 18.0 Å². The Morgan fingerprint density at radius 3 is 2.24 bits per heavy atom. The van der Waals surface area contributed by atoms with Crippen LogP contribution in [0.25, 0.3) is 0 Å². The van der Waals surface area contributed by atoms with Gasteiger partial charge in [-0.15, -0.1) is 0 Å². The summed E-state index contributed by atoms with van der Waals surface area (Å²) in [6.45, 7) is 0. The van der Waals surface area contributed by atoms with Gasteiger partial charge in [0, 0.05) is 22.5 Å². The minimum atomic E-state index is -4.30. The number of thioether (sulfide) groups is 1. The summed E-state index contributed by atoms with van der Waals surface area (Å²) >= 11 is -0.170. The van der Waals surface area contributed by atoms with Crippen LogP contribution in [0.15, 0.2) is 29.2 Å². The number of hydrogen-bond acceptors (Lipinski definition) is 3. The van der Waals surface area contributed by atoms with Gasteiger partial charge in [0.05, 0.1) is 0 Å².